The van der Waals surface area contributed by atoms with Crippen LogP contribution in [0.4, 0.5) is 0 Å². The largest absolute Gasteiger partial charge is 0.481 e. The van der Waals surface area contributed by atoms with E-state index in [0.29, 0.717) is 6.54 Å². The van der Waals surface area contributed by atoms with E-state index in [2.05, 4.69) is 6.92 Å². The summed E-state index contributed by atoms with van der Waals surface area (Å²) in [5.74, 6) is -4.79. The molecule has 3 atom stereocenters. The number of carboxylic acid groups (broad SMARTS) is 3. The third-order valence-electron chi connectivity index (χ3n) is 5.48. The van der Waals surface area contributed by atoms with E-state index in [-0.39, 0.29) is 24.1 Å². The van der Waals surface area contributed by atoms with Crippen molar-refractivity contribution in [3.05, 3.63) is 0 Å². The predicted octanol–water partition coefficient (Wildman–Crippen LogP) is 3.72. The quantitative estimate of drug-likeness (QED) is 0.252. The van der Waals surface area contributed by atoms with Gasteiger partial charge in [-0.05, 0) is 33.6 Å². The third-order valence-corrected chi connectivity index (χ3v) is 5.48. The molecule has 0 aromatic heterocycles. The van der Waals surface area contributed by atoms with Crippen molar-refractivity contribution >= 4 is 17.9 Å². The van der Waals surface area contributed by atoms with E-state index in [1.807, 2.05) is 0 Å². The van der Waals surface area contributed by atoms with Gasteiger partial charge in [0, 0.05) is 0 Å². The van der Waals surface area contributed by atoms with Gasteiger partial charge in [0.25, 0.3) is 0 Å². The highest BCUT2D eigenvalue weighted by molar-refractivity contribution is 5.70. The van der Waals surface area contributed by atoms with E-state index in [1.54, 1.807) is 20.8 Å². The average Bonchev–Trinajstić information content (AvgIpc) is 2.60. The number of hydrogen-bond acceptors (Lipinski definition) is 3. The molecule has 0 aliphatic heterocycles. The van der Waals surface area contributed by atoms with Gasteiger partial charge in [0.05, 0.1) is 26.2 Å². The van der Waals surface area contributed by atoms with E-state index < -0.39 is 35.7 Å². The normalized spacial score (nSPS) is 16.7. The summed E-state index contributed by atoms with van der Waals surface area (Å²) in [7, 11) is 0. The van der Waals surface area contributed by atoms with E-state index in [1.165, 1.54) is 19.3 Å². The van der Waals surface area contributed by atoms with Crippen LogP contribution in [0.5, 0.6) is 0 Å². The van der Waals surface area contributed by atoms with Crippen LogP contribution in [0.2, 0.25) is 0 Å². The van der Waals surface area contributed by atoms with Gasteiger partial charge in [0.15, 0.2) is 0 Å². The van der Waals surface area contributed by atoms with Crippen molar-refractivity contribution in [3.8, 4) is 0 Å². The fourth-order valence-electron chi connectivity index (χ4n) is 3.88. The number of aliphatic carboxylic acids is 3. The SMILES string of the molecule is CCCCCCCCC[N+](CC(C)C(=O)O)(CC(C)C(=O)O)CC(C)C(=O)O. The second kappa shape index (κ2) is 13.5. The molecule has 0 amide bonds. The lowest BCUT2D eigenvalue weighted by atomic mass is 10.0. The zero-order valence-electron chi connectivity index (χ0n) is 18.0. The highest BCUT2D eigenvalue weighted by atomic mass is 16.4. The number of nitrogens with zero attached hydrogens (tertiary/aromatic N) is 1. The van der Waals surface area contributed by atoms with Crippen LogP contribution in [0.15, 0.2) is 0 Å². The van der Waals surface area contributed by atoms with Crippen molar-refractivity contribution in [1.82, 2.24) is 0 Å². The van der Waals surface area contributed by atoms with Crippen molar-refractivity contribution in [1.29, 1.82) is 0 Å². The lowest BCUT2D eigenvalue weighted by Crippen LogP contribution is -2.57. The molecule has 164 valence electrons. The zero-order valence-corrected chi connectivity index (χ0v) is 18.0. The Morgan fingerprint density at radius 3 is 1.29 bits per heavy atom. The van der Waals surface area contributed by atoms with Crippen LogP contribution in [0.25, 0.3) is 0 Å². The first-order valence-electron chi connectivity index (χ1n) is 10.6. The van der Waals surface area contributed by atoms with Crippen LogP contribution >= 0.6 is 0 Å². The van der Waals surface area contributed by atoms with Gasteiger partial charge >= 0.3 is 17.9 Å². The molecule has 0 aliphatic carbocycles. The van der Waals surface area contributed by atoms with E-state index in [0.717, 1.165) is 25.7 Å². The lowest BCUT2D eigenvalue weighted by molar-refractivity contribution is -0.934. The summed E-state index contributed by atoms with van der Waals surface area (Å²) in [6.45, 7) is 8.36. The minimum atomic E-state index is -0.937. The molecule has 3 N–H and O–H groups in total. The molecule has 0 fully saturated rings. The first-order valence-corrected chi connectivity index (χ1v) is 10.6. The third kappa shape index (κ3) is 10.6. The molecule has 7 heteroatoms. The minimum absolute atomic E-state index is 0.226. The summed E-state index contributed by atoms with van der Waals surface area (Å²) in [5.41, 5.74) is 0. The molecule has 0 aliphatic rings. The minimum Gasteiger partial charge on any atom is -0.481 e. The van der Waals surface area contributed by atoms with Gasteiger partial charge in [0.1, 0.15) is 17.8 Å². The Hall–Kier alpha value is -1.63. The molecule has 0 rings (SSSR count). The van der Waals surface area contributed by atoms with Crippen molar-refractivity contribution in [3.63, 3.8) is 0 Å². The van der Waals surface area contributed by atoms with Gasteiger partial charge in [-0.15, -0.1) is 0 Å². The molecular weight excluding hydrogens is 362 g/mol. The molecular formula is C21H40NO6+. The smallest absolute Gasteiger partial charge is 0.311 e. The van der Waals surface area contributed by atoms with Crippen molar-refractivity contribution in [2.24, 2.45) is 17.8 Å². The summed E-state index contributed by atoms with van der Waals surface area (Å²) in [6.07, 6.45) is 7.72. The van der Waals surface area contributed by atoms with Crippen LogP contribution in [-0.2, 0) is 14.4 Å². The van der Waals surface area contributed by atoms with Crippen LogP contribution in [0.1, 0.15) is 72.6 Å². The predicted molar refractivity (Wildman–Crippen MR) is 108 cm³/mol. The number of carbonyl (C=O) groups is 3. The summed E-state index contributed by atoms with van der Waals surface area (Å²) in [5, 5.41) is 28.1. The maximum absolute atomic E-state index is 11.5. The Kier molecular flexibility index (Phi) is 12.7. The number of hydrogen-bond donors (Lipinski definition) is 3. The number of rotatable bonds is 17. The lowest BCUT2D eigenvalue weighted by Gasteiger charge is -2.42. The van der Waals surface area contributed by atoms with Crippen LogP contribution < -0.4 is 0 Å². The molecule has 0 aromatic carbocycles. The highest BCUT2D eigenvalue weighted by Gasteiger charge is 2.38. The average molecular weight is 403 g/mol. The molecule has 0 radical (unpaired) electrons. The Morgan fingerprint density at radius 1 is 0.643 bits per heavy atom. The summed E-state index contributed by atoms with van der Waals surface area (Å²) in [4.78, 5) is 34.4. The summed E-state index contributed by atoms with van der Waals surface area (Å²) < 4.78 is 0.226. The van der Waals surface area contributed by atoms with Crippen molar-refractivity contribution in [2.75, 3.05) is 26.2 Å². The molecule has 7 nitrogen and oxygen atoms in total. The molecule has 0 heterocycles. The Bertz CT molecular complexity index is 438. The molecule has 0 bridgehead atoms. The van der Waals surface area contributed by atoms with Crippen LogP contribution in [0.3, 0.4) is 0 Å². The molecule has 0 spiro atoms. The fourth-order valence-corrected chi connectivity index (χ4v) is 3.88. The van der Waals surface area contributed by atoms with Gasteiger partial charge in [-0.25, -0.2) is 0 Å². The standard InChI is InChI=1S/C21H39NO6/c1-5-6-7-8-9-10-11-12-22(13-16(2)19(23)24,14-17(3)20(25)26)15-18(4)21(27)28/h16-18H,5-15H2,1-4H3,(H2-,23,24,25,26,27,28)/p+1. The summed E-state index contributed by atoms with van der Waals surface area (Å²) in [6, 6.07) is 0. The Labute approximate surface area is 169 Å². The molecule has 0 aromatic rings. The number of carboxylic acids is 3. The van der Waals surface area contributed by atoms with Crippen LogP contribution in [-0.4, -0.2) is 63.9 Å². The molecule has 0 saturated carbocycles. The van der Waals surface area contributed by atoms with E-state index >= 15 is 0 Å². The van der Waals surface area contributed by atoms with Crippen molar-refractivity contribution < 1.29 is 34.2 Å². The summed E-state index contributed by atoms with van der Waals surface area (Å²) >= 11 is 0. The van der Waals surface area contributed by atoms with Gasteiger partial charge in [0.2, 0.25) is 0 Å². The number of quaternary nitrogens is 1. The Balaban J connectivity index is 5.28. The molecule has 28 heavy (non-hydrogen) atoms. The highest BCUT2D eigenvalue weighted by Crippen LogP contribution is 2.22. The van der Waals surface area contributed by atoms with Crippen molar-refractivity contribution in [2.45, 2.75) is 72.6 Å². The fraction of sp³-hybridized carbons (Fsp3) is 0.857. The maximum atomic E-state index is 11.5. The Morgan fingerprint density at radius 2 is 0.964 bits per heavy atom. The molecule has 3 unspecified atom stereocenters. The van der Waals surface area contributed by atoms with E-state index in [9.17, 15) is 29.7 Å². The first-order chi connectivity index (χ1) is 13.0. The maximum Gasteiger partial charge on any atom is 0.311 e. The second-order valence-corrected chi connectivity index (χ2v) is 8.45. The monoisotopic (exact) mass is 402 g/mol. The first kappa shape index (κ1) is 26.4. The van der Waals surface area contributed by atoms with Crippen LogP contribution in [0, 0.1) is 17.8 Å². The van der Waals surface area contributed by atoms with Gasteiger partial charge in [-0.1, -0.05) is 39.0 Å². The topological polar surface area (TPSA) is 112 Å². The second-order valence-electron chi connectivity index (χ2n) is 8.45. The zero-order chi connectivity index (χ0) is 21.7. The van der Waals surface area contributed by atoms with Gasteiger partial charge in [-0.2, -0.15) is 0 Å². The van der Waals surface area contributed by atoms with Gasteiger partial charge in [-0.3, -0.25) is 14.4 Å². The number of unbranched alkanes of at least 4 members (excludes halogenated alkanes) is 6. The molecule has 0 saturated heterocycles. The van der Waals surface area contributed by atoms with Gasteiger partial charge < -0.3 is 19.8 Å². The van der Waals surface area contributed by atoms with E-state index in [4.69, 9.17) is 0 Å².